The van der Waals surface area contributed by atoms with E-state index in [2.05, 4.69) is 18.8 Å². The van der Waals surface area contributed by atoms with Crippen LogP contribution in [-0.2, 0) is 4.79 Å². The number of carbonyl (C=O) groups excluding carboxylic acids is 1. The minimum atomic E-state index is -0.0336. The van der Waals surface area contributed by atoms with Crippen LogP contribution in [0.1, 0.15) is 32.6 Å². The van der Waals surface area contributed by atoms with Crippen molar-refractivity contribution in [3.63, 3.8) is 0 Å². The van der Waals surface area contributed by atoms with Gasteiger partial charge in [0.2, 0.25) is 0 Å². The molecule has 1 rings (SSSR count). The molecule has 1 aliphatic carbocycles. The number of hydrogen-bond acceptors (Lipinski definition) is 1. The average Bonchev–Trinajstić information content (AvgIpc) is 2.01. The van der Waals surface area contributed by atoms with Crippen LogP contribution in [0.25, 0.3) is 0 Å². The summed E-state index contributed by atoms with van der Waals surface area (Å²) >= 11 is 0. The lowest BCUT2D eigenvalue weighted by atomic mass is 9.86. The first kappa shape index (κ1) is 10.1. The van der Waals surface area contributed by atoms with Crippen LogP contribution in [0.5, 0.6) is 0 Å². The third kappa shape index (κ3) is 3.10. The number of rotatable bonds is 2. The highest BCUT2D eigenvalue weighted by Gasteiger charge is 2.14. The van der Waals surface area contributed by atoms with Crippen LogP contribution in [0, 0.1) is 17.8 Å². The summed E-state index contributed by atoms with van der Waals surface area (Å²) in [5.74, 6) is 6.19. The Morgan fingerprint density at radius 3 is 2.69 bits per heavy atom. The van der Waals surface area contributed by atoms with Gasteiger partial charge >= 0.3 is 0 Å². The molecule has 0 heterocycles. The highest BCUT2D eigenvalue weighted by atomic mass is 16.2. The fourth-order valence-electron chi connectivity index (χ4n) is 1.25. The van der Waals surface area contributed by atoms with Gasteiger partial charge in [-0.3, -0.25) is 4.79 Å². The lowest BCUT2D eigenvalue weighted by Gasteiger charge is -2.19. The van der Waals surface area contributed by atoms with Gasteiger partial charge in [-0.25, -0.2) is 0 Å². The predicted molar refractivity (Wildman–Crippen MR) is 53.0 cm³/mol. The van der Waals surface area contributed by atoms with E-state index in [4.69, 9.17) is 0 Å². The van der Waals surface area contributed by atoms with E-state index >= 15 is 0 Å². The number of carbonyl (C=O) groups is 1. The van der Waals surface area contributed by atoms with Crippen LogP contribution in [-0.4, -0.2) is 24.4 Å². The Morgan fingerprint density at radius 1 is 1.54 bits per heavy atom. The largest absolute Gasteiger partial charge is 0.335 e. The molecule has 1 amide bonds. The molecule has 0 bridgehead atoms. The molecule has 2 nitrogen and oxygen atoms in total. The van der Waals surface area contributed by atoms with E-state index in [1.807, 2.05) is 0 Å². The quantitative estimate of drug-likeness (QED) is 0.590. The molecular formula is C11H17NO. The van der Waals surface area contributed by atoms with Crippen molar-refractivity contribution in [1.29, 1.82) is 0 Å². The maximum absolute atomic E-state index is 11.3. The van der Waals surface area contributed by atoms with Gasteiger partial charge in [-0.1, -0.05) is 19.3 Å². The average molecular weight is 179 g/mol. The van der Waals surface area contributed by atoms with Crippen LogP contribution in [0.15, 0.2) is 0 Å². The van der Waals surface area contributed by atoms with Gasteiger partial charge in [0.1, 0.15) is 0 Å². The number of amides is 1. The second kappa shape index (κ2) is 4.91. The molecule has 2 heteroatoms. The monoisotopic (exact) mass is 179 g/mol. The molecule has 72 valence electrons. The highest BCUT2D eigenvalue weighted by Crippen LogP contribution is 2.24. The van der Waals surface area contributed by atoms with Crippen molar-refractivity contribution in [2.75, 3.05) is 13.6 Å². The third-order valence-corrected chi connectivity index (χ3v) is 2.39. The molecule has 0 spiro atoms. The van der Waals surface area contributed by atoms with E-state index in [0.717, 1.165) is 13.0 Å². The number of nitrogens with zero attached hydrogens (tertiary/aromatic N) is 1. The Balaban J connectivity index is 2.32. The second-order valence-electron chi connectivity index (χ2n) is 3.62. The maximum atomic E-state index is 11.3. The van der Waals surface area contributed by atoms with E-state index < -0.39 is 0 Å². The predicted octanol–water partition coefficient (Wildman–Crippen LogP) is 1.66. The van der Waals surface area contributed by atoms with Crippen molar-refractivity contribution in [3.8, 4) is 11.8 Å². The van der Waals surface area contributed by atoms with Crippen LogP contribution in [0.2, 0.25) is 0 Å². The smallest absolute Gasteiger partial charge is 0.298 e. The Kier molecular flexibility index (Phi) is 3.82. The van der Waals surface area contributed by atoms with Crippen molar-refractivity contribution >= 4 is 5.91 Å². The Morgan fingerprint density at radius 2 is 2.23 bits per heavy atom. The summed E-state index contributed by atoms with van der Waals surface area (Å²) in [4.78, 5) is 13.0. The first-order valence-corrected chi connectivity index (χ1v) is 5.00. The van der Waals surface area contributed by atoms with Crippen molar-refractivity contribution in [1.82, 2.24) is 4.90 Å². The highest BCUT2D eigenvalue weighted by molar-refractivity contribution is 5.93. The minimum absolute atomic E-state index is 0.0336. The first-order valence-electron chi connectivity index (χ1n) is 5.00. The third-order valence-electron chi connectivity index (χ3n) is 2.39. The number of hydrogen-bond donors (Lipinski definition) is 0. The molecule has 0 aliphatic heterocycles. The molecule has 1 fully saturated rings. The molecule has 0 unspecified atom stereocenters. The Bertz CT molecular complexity index is 232. The summed E-state index contributed by atoms with van der Waals surface area (Å²) in [6.45, 7) is 2.86. The van der Waals surface area contributed by atoms with Gasteiger partial charge in [0.25, 0.3) is 5.91 Å². The van der Waals surface area contributed by atoms with E-state index in [1.165, 1.54) is 19.3 Å². The molecule has 1 saturated carbocycles. The molecule has 0 aromatic carbocycles. The maximum Gasteiger partial charge on any atom is 0.298 e. The molecule has 0 radical (unpaired) electrons. The summed E-state index contributed by atoms with van der Waals surface area (Å²) in [6, 6.07) is 0. The van der Waals surface area contributed by atoms with Crippen LogP contribution >= 0.6 is 0 Å². The molecular weight excluding hydrogens is 162 g/mol. The van der Waals surface area contributed by atoms with E-state index in [-0.39, 0.29) is 5.91 Å². The zero-order valence-electron chi connectivity index (χ0n) is 8.47. The van der Waals surface area contributed by atoms with Gasteiger partial charge in [0.15, 0.2) is 0 Å². The Hall–Kier alpha value is -0.970. The summed E-state index contributed by atoms with van der Waals surface area (Å²) in [5.41, 5.74) is 0. The van der Waals surface area contributed by atoms with Gasteiger partial charge in [-0.05, 0) is 25.2 Å². The fraction of sp³-hybridized carbons (Fsp3) is 0.727. The summed E-state index contributed by atoms with van der Waals surface area (Å²) < 4.78 is 0. The van der Waals surface area contributed by atoms with Gasteiger partial charge in [0.05, 0.1) is 0 Å². The van der Waals surface area contributed by atoms with Gasteiger partial charge < -0.3 is 4.90 Å². The van der Waals surface area contributed by atoms with Crippen molar-refractivity contribution < 1.29 is 4.79 Å². The Labute approximate surface area is 80.3 Å². The lowest BCUT2D eigenvalue weighted by Crippen LogP contribution is -2.26. The topological polar surface area (TPSA) is 20.3 Å². The van der Waals surface area contributed by atoms with Gasteiger partial charge in [0, 0.05) is 19.5 Å². The van der Waals surface area contributed by atoms with E-state index in [9.17, 15) is 4.79 Å². The lowest BCUT2D eigenvalue weighted by molar-refractivity contribution is -0.123. The molecule has 0 aromatic heterocycles. The normalized spacial score (nSPS) is 15.5. The van der Waals surface area contributed by atoms with Crippen molar-refractivity contribution in [3.05, 3.63) is 0 Å². The van der Waals surface area contributed by atoms with Gasteiger partial charge in [-0.15, -0.1) is 0 Å². The molecule has 13 heavy (non-hydrogen) atoms. The summed E-state index contributed by atoms with van der Waals surface area (Å²) in [5, 5.41) is 0. The van der Waals surface area contributed by atoms with Crippen LogP contribution in [0.3, 0.4) is 0 Å². The first-order chi connectivity index (χ1) is 6.24. The standard InChI is InChI=1S/C11H17NO/c1-3-9-12(2)11(13)8-7-10-5-4-6-10/h10H,3-6,9H2,1-2H3. The van der Waals surface area contributed by atoms with E-state index in [0.29, 0.717) is 5.92 Å². The summed E-state index contributed by atoms with van der Waals surface area (Å²) in [7, 11) is 1.81. The molecule has 0 saturated heterocycles. The molecule has 1 aliphatic rings. The molecule has 0 atom stereocenters. The second-order valence-corrected chi connectivity index (χ2v) is 3.62. The SMILES string of the molecule is CCCN(C)C(=O)C#CC1CCC1. The zero-order valence-corrected chi connectivity index (χ0v) is 8.47. The van der Waals surface area contributed by atoms with Crippen LogP contribution < -0.4 is 0 Å². The summed E-state index contributed by atoms with van der Waals surface area (Å²) in [6.07, 6.45) is 4.63. The minimum Gasteiger partial charge on any atom is -0.335 e. The van der Waals surface area contributed by atoms with E-state index in [1.54, 1.807) is 11.9 Å². The van der Waals surface area contributed by atoms with Crippen molar-refractivity contribution in [2.45, 2.75) is 32.6 Å². The molecule has 0 aromatic rings. The zero-order chi connectivity index (χ0) is 9.68. The molecule has 0 N–H and O–H groups in total. The van der Waals surface area contributed by atoms with Crippen LogP contribution in [0.4, 0.5) is 0 Å². The van der Waals surface area contributed by atoms with Gasteiger partial charge in [-0.2, -0.15) is 0 Å². The fourth-order valence-corrected chi connectivity index (χ4v) is 1.25. The van der Waals surface area contributed by atoms with Crippen molar-refractivity contribution in [2.24, 2.45) is 5.92 Å².